The zero-order valence-corrected chi connectivity index (χ0v) is 14.8. The summed E-state index contributed by atoms with van der Waals surface area (Å²) in [5, 5.41) is 10.1. The molecule has 0 amide bonds. The summed E-state index contributed by atoms with van der Waals surface area (Å²) in [6, 6.07) is 0. The van der Waals surface area contributed by atoms with Crippen LogP contribution in [-0.4, -0.2) is 23.4 Å². The Morgan fingerprint density at radius 2 is 1.83 bits per heavy atom. The highest BCUT2D eigenvalue weighted by molar-refractivity contribution is 5.26. The second-order valence-corrected chi connectivity index (χ2v) is 9.74. The van der Waals surface area contributed by atoms with Crippen molar-refractivity contribution in [3.05, 3.63) is 11.6 Å². The lowest BCUT2D eigenvalue weighted by Crippen LogP contribution is -2.59. The third-order valence-corrected chi connectivity index (χ3v) is 9.25. The molecule has 2 heteroatoms. The quantitative estimate of drug-likeness (QED) is 0.668. The molecule has 128 valence electrons. The van der Waals surface area contributed by atoms with Crippen LogP contribution in [0.2, 0.25) is 0 Å². The maximum absolute atomic E-state index is 10.1. The van der Waals surface area contributed by atoms with E-state index in [0.717, 1.165) is 37.2 Å². The predicted octanol–water partition coefficient (Wildman–Crippen LogP) is 4.47. The van der Waals surface area contributed by atoms with Gasteiger partial charge in [0.25, 0.3) is 0 Å². The molecule has 3 saturated carbocycles. The van der Waals surface area contributed by atoms with Crippen molar-refractivity contribution in [2.75, 3.05) is 6.61 Å². The van der Waals surface area contributed by atoms with E-state index >= 15 is 0 Å². The van der Waals surface area contributed by atoms with E-state index in [-0.39, 0.29) is 11.7 Å². The number of allylic oxidation sites excluding steroid dienone is 1. The van der Waals surface area contributed by atoms with E-state index in [1.807, 2.05) is 0 Å². The van der Waals surface area contributed by atoms with Crippen LogP contribution in [0.4, 0.5) is 0 Å². The van der Waals surface area contributed by atoms with Crippen molar-refractivity contribution < 1.29 is 9.84 Å². The van der Waals surface area contributed by atoms with Crippen LogP contribution in [0.25, 0.3) is 0 Å². The van der Waals surface area contributed by atoms with E-state index in [1.54, 1.807) is 5.57 Å². The number of fused-ring (bicyclic) bond motifs is 6. The molecule has 1 spiro atoms. The molecule has 0 aromatic heterocycles. The third-order valence-electron chi connectivity index (χ3n) is 9.25. The van der Waals surface area contributed by atoms with Gasteiger partial charge in [-0.25, -0.2) is 0 Å². The van der Waals surface area contributed by atoms with Crippen LogP contribution in [0.5, 0.6) is 0 Å². The molecule has 0 bridgehead atoms. The average molecular weight is 316 g/mol. The molecule has 0 aromatic rings. The topological polar surface area (TPSA) is 29.5 Å². The van der Waals surface area contributed by atoms with Gasteiger partial charge >= 0.3 is 0 Å². The van der Waals surface area contributed by atoms with E-state index in [9.17, 15) is 5.11 Å². The summed E-state index contributed by atoms with van der Waals surface area (Å²) in [6.07, 6.45) is 13.6. The minimum absolute atomic E-state index is 0.0853. The van der Waals surface area contributed by atoms with Gasteiger partial charge < -0.3 is 9.84 Å². The van der Waals surface area contributed by atoms with E-state index in [4.69, 9.17) is 4.74 Å². The fraction of sp³-hybridized carbons (Fsp3) is 0.905. The smallest absolute Gasteiger partial charge is 0.0760 e. The SMILES string of the molecule is C[C@]12CC[C@@H](O)CC1=CC[C@H]1[C@H]2CC[C@@]2(C)[C@@H]1CC[C@@]21CCO1. The predicted molar refractivity (Wildman–Crippen MR) is 91.0 cm³/mol. The molecule has 1 saturated heterocycles. The number of hydrogen-bond acceptors (Lipinski definition) is 2. The normalized spacial score (nSPS) is 58.0. The lowest BCUT2D eigenvalue weighted by Gasteiger charge is -2.61. The molecule has 0 unspecified atom stereocenters. The minimum atomic E-state index is -0.0853. The Hall–Kier alpha value is -0.340. The Balaban J connectivity index is 1.49. The van der Waals surface area contributed by atoms with Crippen LogP contribution in [0, 0.1) is 28.6 Å². The fourth-order valence-corrected chi connectivity index (χ4v) is 7.73. The Kier molecular flexibility index (Phi) is 3.01. The molecule has 0 aromatic carbocycles. The Morgan fingerprint density at radius 1 is 1.04 bits per heavy atom. The fourth-order valence-electron chi connectivity index (χ4n) is 7.73. The van der Waals surface area contributed by atoms with Crippen molar-refractivity contribution in [2.24, 2.45) is 28.6 Å². The lowest BCUT2D eigenvalue weighted by molar-refractivity contribution is -0.225. The van der Waals surface area contributed by atoms with Crippen molar-refractivity contribution in [3.8, 4) is 0 Å². The Labute approximate surface area is 140 Å². The second kappa shape index (κ2) is 4.64. The molecule has 2 nitrogen and oxygen atoms in total. The summed E-state index contributed by atoms with van der Waals surface area (Å²) >= 11 is 0. The van der Waals surface area contributed by atoms with Crippen LogP contribution in [0.15, 0.2) is 11.6 Å². The van der Waals surface area contributed by atoms with Crippen molar-refractivity contribution >= 4 is 0 Å². The van der Waals surface area contributed by atoms with Gasteiger partial charge in [-0.1, -0.05) is 25.5 Å². The van der Waals surface area contributed by atoms with Gasteiger partial charge in [0.1, 0.15) is 0 Å². The monoisotopic (exact) mass is 316 g/mol. The van der Waals surface area contributed by atoms with Gasteiger partial charge in [0, 0.05) is 6.42 Å². The molecule has 4 fully saturated rings. The van der Waals surface area contributed by atoms with Crippen molar-refractivity contribution in [1.82, 2.24) is 0 Å². The molecule has 1 heterocycles. The summed E-state index contributed by atoms with van der Waals surface area (Å²) in [5.41, 5.74) is 2.65. The first-order valence-corrected chi connectivity index (χ1v) is 10.0. The number of rotatable bonds is 0. The molecule has 5 rings (SSSR count). The lowest BCUT2D eigenvalue weighted by atomic mass is 9.46. The third kappa shape index (κ3) is 1.73. The van der Waals surface area contributed by atoms with E-state index < -0.39 is 0 Å². The summed E-state index contributed by atoms with van der Waals surface area (Å²) < 4.78 is 6.23. The molecule has 0 radical (unpaired) electrons. The molecule has 1 aliphatic heterocycles. The van der Waals surface area contributed by atoms with Crippen LogP contribution in [0.1, 0.15) is 71.6 Å². The van der Waals surface area contributed by atoms with Crippen molar-refractivity contribution in [1.29, 1.82) is 0 Å². The zero-order valence-electron chi connectivity index (χ0n) is 14.8. The van der Waals surface area contributed by atoms with Crippen LogP contribution in [-0.2, 0) is 4.74 Å². The Bertz CT molecular complexity index is 548. The number of hydrogen-bond donors (Lipinski definition) is 1. The second-order valence-electron chi connectivity index (χ2n) is 9.74. The standard InChI is InChI=1S/C21H32O2/c1-19-8-5-15(22)13-14(19)3-4-16-17(19)6-9-20(2)18(16)7-10-21(20)11-12-23-21/h3,15-18,22H,4-13H2,1-2H3/t15-,16+,17-,18-,19+,20+,21-/m1/s1. The summed E-state index contributed by atoms with van der Waals surface area (Å²) in [5.74, 6) is 2.58. The van der Waals surface area contributed by atoms with Crippen LogP contribution >= 0.6 is 0 Å². The average Bonchev–Trinajstić information content (AvgIpc) is 2.81. The van der Waals surface area contributed by atoms with E-state index in [2.05, 4.69) is 19.9 Å². The van der Waals surface area contributed by atoms with Gasteiger partial charge in [-0.3, -0.25) is 0 Å². The maximum atomic E-state index is 10.1. The highest BCUT2D eigenvalue weighted by Gasteiger charge is 2.66. The molecule has 1 N–H and O–H groups in total. The number of ether oxygens (including phenoxy) is 1. The van der Waals surface area contributed by atoms with Crippen molar-refractivity contribution in [3.63, 3.8) is 0 Å². The largest absolute Gasteiger partial charge is 0.393 e. The number of aliphatic hydroxyl groups is 1. The Morgan fingerprint density at radius 3 is 2.57 bits per heavy atom. The van der Waals surface area contributed by atoms with Gasteiger partial charge in [0.2, 0.25) is 0 Å². The zero-order chi connectivity index (χ0) is 15.9. The highest BCUT2D eigenvalue weighted by Crippen LogP contribution is 2.69. The van der Waals surface area contributed by atoms with Crippen LogP contribution in [0.3, 0.4) is 0 Å². The van der Waals surface area contributed by atoms with Crippen molar-refractivity contribution in [2.45, 2.75) is 83.3 Å². The van der Waals surface area contributed by atoms with Gasteiger partial charge in [0.05, 0.1) is 18.3 Å². The molecule has 23 heavy (non-hydrogen) atoms. The first-order chi connectivity index (χ1) is 11.0. The van der Waals surface area contributed by atoms with Gasteiger partial charge in [-0.2, -0.15) is 0 Å². The summed E-state index contributed by atoms with van der Waals surface area (Å²) in [6.45, 7) is 6.08. The van der Waals surface area contributed by atoms with Gasteiger partial charge in [-0.05, 0) is 80.0 Å². The minimum Gasteiger partial charge on any atom is -0.393 e. The van der Waals surface area contributed by atoms with E-state index in [1.165, 1.54) is 44.9 Å². The molecular weight excluding hydrogens is 284 g/mol. The highest BCUT2D eigenvalue weighted by atomic mass is 16.5. The molecule has 7 atom stereocenters. The summed E-state index contributed by atoms with van der Waals surface area (Å²) in [4.78, 5) is 0. The first-order valence-electron chi connectivity index (χ1n) is 10.0. The van der Waals surface area contributed by atoms with Gasteiger partial charge in [0.15, 0.2) is 0 Å². The first kappa shape index (κ1) is 15.0. The summed E-state index contributed by atoms with van der Waals surface area (Å²) in [7, 11) is 0. The molecular formula is C21H32O2. The van der Waals surface area contributed by atoms with Gasteiger partial charge in [-0.15, -0.1) is 0 Å². The number of aliphatic hydroxyl groups excluding tert-OH is 1. The maximum Gasteiger partial charge on any atom is 0.0760 e. The van der Waals surface area contributed by atoms with E-state index in [0.29, 0.717) is 10.8 Å². The molecule has 5 aliphatic rings. The molecule has 4 aliphatic carbocycles. The van der Waals surface area contributed by atoms with Crippen LogP contribution < -0.4 is 0 Å².